The molecule has 0 atom stereocenters. The molecule has 0 amide bonds. The molecule has 0 heterocycles. The van der Waals surface area contributed by atoms with E-state index in [9.17, 15) is 8.42 Å². The Hall–Kier alpha value is -1.84. The maximum absolute atomic E-state index is 12.1. The van der Waals surface area contributed by atoms with Gasteiger partial charge in [-0.2, -0.15) is 5.26 Å². The van der Waals surface area contributed by atoms with Crippen molar-refractivity contribution in [3.8, 4) is 6.07 Å². The normalized spacial score (nSPS) is 10.8. The van der Waals surface area contributed by atoms with Crippen molar-refractivity contribution in [2.24, 2.45) is 0 Å². The Labute approximate surface area is 126 Å². The van der Waals surface area contributed by atoms with Gasteiger partial charge in [-0.1, -0.05) is 28.1 Å². The summed E-state index contributed by atoms with van der Waals surface area (Å²) in [5.74, 6) is 0. The highest BCUT2D eigenvalue weighted by atomic mass is 79.9. The molecule has 0 fully saturated rings. The minimum Gasteiger partial charge on any atom is -0.280 e. The molecule has 6 heteroatoms. The molecule has 0 aliphatic heterocycles. The predicted octanol–water partition coefficient (Wildman–Crippen LogP) is 3.32. The standard InChI is InChI=1S/C14H11BrN2O2S/c15-12-3-7-14(8-4-12)20(18,19)17-13-5-1-11(2-6-13)9-10-16/h1-8,17H,9H2. The largest absolute Gasteiger partial charge is 0.280 e. The minimum atomic E-state index is -3.59. The van der Waals surface area contributed by atoms with Crippen LogP contribution in [0.2, 0.25) is 0 Å². The Balaban J connectivity index is 2.20. The third kappa shape index (κ3) is 3.59. The van der Waals surface area contributed by atoms with E-state index in [4.69, 9.17) is 5.26 Å². The molecule has 4 nitrogen and oxygen atoms in total. The van der Waals surface area contributed by atoms with Gasteiger partial charge in [-0.3, -0.25) is 4.72 Å². The van der Waals surface area contributed by atoms with Crippen molar-refractivity contribution in [3.05, 3.63) is 58.6 Å². The number of halogens is 1. The Kier molecular flexibility index (Phi) is 4.42. The van der Waals surface area contributed by atoms with Gasteiger partial charge in [0, 0.05) is 10.2 Å². The molecule has 0 bridgehead atoms. The molecular formula is C14H11BrN2O2S. The molecule has 0 aromatic heterocycles. The molecule has 0 spiro atoms. The van der Waals surface area contributed by atoms with Crippen LogP contribution in [0.1, 0.15) is 5.56 Å². The number of anilines is 1. The summed E-state index contributed by atoms with van der Waals surface area (Å²) in [5, 5.41) is 8.58. The molecule has 0 unspecified atom stereocenters. The third-order valence-corrected chi connectivity index (χ3v) is 4.54. The number of nitriles is 1. The van der Waals surface area contributed by atoms with Crippen LogP contribution < -0.4 is 4.72 Å². The van der Waals surface area contributed by atoms with E-state index < -0.39 is 10.0 Å². The zero-order valence-corrected chi connectivity index (χ0v) is 12.8. The first kappa shape index (κ1) is 14.6. The fourth-order valence-electron chi connectivity index (χ4n) is 1.61. The molecule has 1 N–H and O–H groups in total. The highest BCUT2D eigenvalue weighted by molar-refractivity contribution is 9.10. The first-order chi connectivity index (χ1) is 9.51. The van der Waals surface area contributed by atoms with Crippen LogP contribution in [0.3, 0.4) is 0 Å². The molecule has 0 saturated heterocycles. The van der Waals surface area contributed by atoms with Gasteiger partial charge in [0.05, 0.1) is 17.4 Å². The van der Waals surface area contributed by atoms with E-state index in [1.54, 1.807) is 36.4 Å². The van der Waals surface area contributed by atoms with Gasteiger partial charge in [-0.25, -0.2) is 8.42 Å². The second-order valence-electron chi connectivity index (χ2n) is 4.09. The number of hydrogen-bond acceptors (Lipinski definition) is 3. The smallest absolute Gasteiger partial charge is 0.261 e. The summed E-state index contributed by atoms with van der Waals surface area (Å²) < 4.78 is 27.6. The van der Waals surface area contributed by atoms with Gasteiger partial charge in [-0.15, -0.1) is 0 Å². The van der Waals surface area contributed by atoms with Crippen molar-refractivity contribution < 1.29 is 8.42 Å². The van der Waals surface area contributed by atoms with E-state index in [1.165, 1.54) is 12.1 Å². The SMILES string of the molecule is N#CCc1ccc(NS(=O)(=O)c2ccc(Br)cc2)cc1. The summed E-state index contributed by atoms with van der Waals surface area (Å²) in [6, 6.07) is 15.2. The highest BCUT2D eigenvalue weighted by Crippen LogP contribution is 2.19. The van der Waals surface area contributed by atoms with Crippen molar-refractivity contribution in [3.63, 3.8) is 0 Å². The topological polar surface area (TPSA) is 70.0 Å². The quantitative estimate of drug-likeness (QED) is 0.919. The number of hydrogen-bond donors (Lipinski definition) is 1. The number of nitrogens with zero attached hydrogens (tertiary/aromatic N) is 1. The average Bonchev–Trinajstić information content (AvgIpc) is 2.41. The van der Waals surface area contributed by atoms with Crippen LogP contribution in [-0.2, 0) is 16.4 Å². The van der Waals surface area contributed by atoms with Crippen LogP contribution >= 0.6 is 15.9 Å². The highest BCUT2D eigenvalue weighted by Gasteiger charge is 2.13. The third-order valence-electron chi connectivity index (χ3n) is 2.61. The van der Waals surface area contributed by atoms with Gasteiger partial charge < -0.3 is 0 Å². The molecule has 0 aliphatic rings. The molecule has 2 rings (SSSR count). The first-order valence-electron chi connectivity index (χ1n) is 5.75. The van der Waals surface area contributed by atoms with Crippen LogP contribution in [-0.4, -0.2) is 8.42 Å². The maximum Gasteiger partial charge on any atom is 0.261 e. The van der Waals surface area contributed by atoms with Crippen molar-refractivity contribution in [2.45, 2.75) is 11.3 Å². The lowest BCUT2D eigenvalue weighted by Crippen LogP contribution is -2.12. The van der Waals surface area contributed by atoms with Crippen LogP contribution in [0, 0.1) is 11.3 Å². The lowest BCUT2D eigenvalue weighted by molar-refractivity contribution is 0.601. The minimum absolute atomic E-state index is 0.196. The zero-order chi connectivity index (χ0) is 14.6. The maximum atomic E-state index is 12.1. The Morgan fingerprint density at radius 3 is 2.20 bits per heavy atom. The van der Waals surface area contributed by atoms with Crippen LogP contribution in [0.5, 0.6) is 0 Å². The van der Waals surface area contributed by atoms with Crippen molar-refractivity contribution in [1.82, 2.24) is 0 Å². The Morgan fingerprint density at radius 1 is 1.05 bits per heavy atom. The molecule has 0 aliphatic carbocycles. The van der Waals surface area contributed by atoms with Crippen molar-refractivity contribution >= 4 is 31.6 Å². The summed E-state index contributed by atoms with van der Waals surface area (Å²) in [5.41, 5.74) is 1.31. The number of benzene rings is 2. The lowest BCUT2D eigenvalue weighted by atomic mass is 10.1. The van der Waals surface area contributed by atoms with E-state index >= 15 is 0 Å². The summed E-state index contributed by atoms with van der Waals surface area (Å²) in [6.45, 7) is 0. The van der Waals surface area contributed by atoms with E-state index in [0.717, 1.165) is 10.0 Å². The van der Waals surface area contributed by atoms with Gasteiger partial charge in [0.1, 0.15) is 0 Å². The molecule has 102 valence electrons. The molecule has 0 saturated carbocycles. The van der Waals surface area contributed by atoms with Gasteiger partial charge in [0.2, 0.25) is 0 Å². The molecular weight excluding hydrogens is 340 g/mol. The van der Waals surface area contributed by atoms with E-state index in [0.29, 0.717) is 12.1 Å². The second-order valence-corrected chi connectivity index (χ2v) is 6.69. The van der Waals surface area contributed by atoms with E-state index in [1.807, 2.05) is 6.07 Å². The predicted molar refractivity (Wildman–Crippen MR) is 80.7 cm³/mol. The van der Waals surface area contributed by atoms with Crippen LogP contribution in [0.4, 0.5) is 5.69 Å². The number of sulfonamides is 1. The molecule has 0 radical (unpaired) electrons. The Bertz CT molecular complexity index is 732. The van der Waals surface area contributed by atoms with E-state index in [2.05, 4.69) is 20.7 Å². The fraction of sp³-hybridized carbons (Fsp3) is 0.0714. The van der Waals surface area contributed by atoms with Gasteiger partial charge in [0.15, 0.2) is 0 Å². The van der Waals surface area contributed by atoms with Crippen molar-refractivity contribution in [1.29, 1.82) is 5.26 Å². The van der Waals surface area contributed by atoms with Gasteiger partial charge >= 0.3 is 0 Å². The summed E-state index contributed by atoms with van der Waals surface area (Å²) in [7, 11) is -3.59. The van der Waals surface area contributed by atoms with Gasteiger partial charge in [0.25, 0.3) is 10.0 Å². The zero-order valence-electron chi connectivity index (χ0n) is 10.4. The number of nitrogens with one attached hydrogen (secondary N) is 1. The van der Waals surface area contributed by atoms with Gasteiger partial charge in [-0.05, 0) is 42.0 Å². The second kappa shape index (κ2) is 6.07. The summed E-state index contributed by atoms with van der Waals surface area (Å²) >= 11 is 3.26. The lowest BCUT2D eigenvalue weighted by Gasteiger charge is -2.08. The summed E-state index contributed by atoms with van der Waals surface area (Å²) in [6.07, 6.45) is 0.305. The van der Waals surface area contributed by atoms with Crippen LogP contribution in [0.15, 0.2) is 57.9 Å². The average molecular weight is 351 g/mol. The van der Waals surface area contributed by atoms with Crippen molar-refractivity contribution in [2.75, 3.05) is 4.72 Å². The Morgan fingerprint density at radius 2 is 1.65 bits per heavy atom. The monoisotopic (exact) mass is 350 g/mol. The molecule has 2 aromatic carbocycles. The molecule has 20 heavy (non-hydrogen) atoms. The van der Waals surface area contributed by atoms with Crippen LogP contribution in [0.25, 0.3) is 0 Å². The number of rotatable bonds is 4. The van der Waals surface area contributed by atoms with E-state index in [-0.39, 0.29) is 4.90 Å². The fourth-order valence-corrected chi connectivity index (χ4v) is 2.93. The molecule has 2 aromatic rings. The first-order valence-corrected chi connectivity index (χ1v) is 8.03. The summed E-state index contributed by atoms with van der Waals surface area (Å²) in [4.78, 5) is 0.196.